The highest BCUT2D eigenvalue weighted by Crippen LogP contribution is 2.55. The Morgan fingerprint density at radius 2 is 1.95 bits per heavy atom. The molecule has 0 aromatic heterocycles. The number of phenols is 1. The van der Waals surface area contributed by atoms with E-state index in [1.54, 1.807) is 18.2 Å². The van der Waals surface area contributed by atoms with Crippen molar-refractivity contribution >= 4 is 12.1 Å². The number of carbonyl (C=O) groups is 1. The SMILES string of the molecule is O=C(N/N=C\c1ccccc1O)C1[C@@H]2CCCC[C@@H]12. The van der Waals surface area contributed by atoms with Crippen molar-refractivity contribution in [2.75, 3.05) is 0 Å². The fraction of sp³-hybridized carbons (Fsp3) is 0.467. The molecule has 1 amide bonds. The lowest BCUT2D eigenvalue weighted by molar-refractivity contribution is -0.122. The molecule has 3 rings (SSSR count). The number of fused-ring (bicyclic) bond motifs is 1. The van der Waals surface area contributed by atoms with Gasteiger partial charge in [-0.15, -0.1) is 0 Å². The minimum atomic E-state index is 0.0311. The van der Waals surface area contributed by atoms with Crippen LogP contribution in [0.25, 0.3) is 0 Å². The van der Waals surface area contributed by atoms with E-state index in [1.165, 1.54) is 31.9 Å². The summed E-state index contributed by atoms with van der Waals surface area (Å²) in [7, 11) is 0. The number of amides is 1. The summed E-state index contributed by atoms with van der Waals surface area (Å²) in [6.45, 7) is 0. The van der Waals surface area contributed by atoms with Gasteiger partial charge in [-0.3, -0.25) is 4.79 Å². The molecule has 4 nitrogen and oxygen atoms in total. The quantitative estimate of drug-likeness (QED) is 0.645. The van der Waals surface area contributed by atoms with E-state index >= 15 is 0 Å². The van der Waals surface area contributed by atoms with E-state index < -0.39 is 0 Å². The molecule has 2 aliphatic rings. The Bertz CT molecular complexity index is 501. The van der Waals surface area contributed by atoms with E-state index in [4.69, 9.17) is 0 Å². The van der Waals surface area contributed by atoms with Crippen molar-refractivity contribution < 1.29 is 9.90 Å². The second-order valence-electron chi connectivity index (χ2n) is 5.43. The Hall–Kier alpha value is -1.84. The second-order valence-corrected chi connectivity index (χ2v) is 5.43. The average molecular weight is 258 g/mol. The molecule has 0 saturated heterocycles. The number of phenolic OH excluding ortho intramolecular Hbond substituents is 1. The molecule has 0 heterocycles. The Morgan fingerprint density at radius 1 is 1.26 bits per heavy atom. The molecule has 2 fully saturated rings. The smallest absolute Gasteiger partial charge is 0.243 e. The summed E-state index contributed by atoms with van der Waals surface area (Å²) >= 11 is 0. The molecule has 19 heavy (non-hydrogen) atoms. The molecule has 4 heteroatoms. The first-order valence-electron chi connectivity index (χ1n) is 6.88. The van der Waals surface area contributed by atoms with Crippen LogP contribution in [0.4, 0.5) is 0 Å². The van der Waals surface area contributed by atoms with Gasteiger partial charge in [0.15, 0.2) is 0 Å². The molecular weight excluding hydrogens is 240 g/mol. The van der Waals surface area contributed by atoms with Gasteiger partial charge < -0.3 is 5.11 Å². The molecule has 0 unspecified atom stereocenters. The predicted molar refractivity (Wildman–Crippen MR) is 72.8 cm³/mol. The molecule has 2 aliphatic carbocycles. The lowest BCUT2D eigenvalue weighted by Gasteiger charge is -2.04. The van der Waals surface area contributed by atoms with Crippen LogP contribution >= 0.6 is 0 Å². The molecule has 1 aromatic rings. The third-order valence-electron chi connectivity index (χ3n) is 4.27. The third kappa shape index (κ3) is 2.48. The second kappa shape index (κ2) is 5.03. The summed E-state index contributed by atoms with van der Waals surface area (Å²) in [5, 5.41) is 13.5. The largest absolute Gasteiger partial charge is 0.507 e. The zero-order valence-electron chi connectivity index (χ0n) is 10.7. The maximum Gasteiger partial charge on any atom is 0.243 e. The van der Waals surface area contributed by atoms with Gasteiger partial charge >= 0.3 is 0 Å². The van der Waals surface area contributed by atoms with E-state index in [0.717, 1.165) is 0 Å². The first-order valence-corrected chi connectivity index (χ1v) is 6.88. The Labute approximate surface area is 112 Å². The molecule has 2 saturated carbocycles. The van der Waals surface area contributed by atoms with Crippen molar-refractivity contribution in [2.45, 2.75) is 25.7 Å². The number of rotatable bonds is 3. The molecule has 100 valence electrons. The molecular formula is C15H18N2O2. The number of nitrogens with zero attached hydrogens (tertiary/aromatic N) is 1. The lowest BCUT2D eigenvalue weighted by atomic mass is 10.0. The van der Waals surface area contributed by atoms with Crippen LogP contribution in [0.1, 0.15) is 31.2 Å². The monoisotopic (exact) mass is 258 g/mol. The average Bonchev–Trinajstić information content (AvgIpc) is 3.15. The van der Waals surface area contributed by atoms with Crippen LogP contribution in [0, 0.1) is 17.8 Å². The van der Waals surface area contributed by atoms with E-state index in [-0.39, 0.29) is 17.6 Å². The lowest BCUT2D eigenvalue weighted by Crippen LogP contribution is -2.20. The zero-order chi connectivity index (χ0) is 13.2. The number of hydrazone groups is 1. The maximum absolute atomic E-state index is 12.0. The van der Waals surface area contributed by atoms with E-state index in [2.05, 4.69) is 10.5 Å². The molecule has 0 aliphatic heterocycles. The fourth-order valence-electron chi connectivity index (χ4n) is 3.22. The highest BCUT2D eigenvalue weighted by molar-refractivity contribution is 5.86. The van der Waals surface area contributed by atoms with Crippen LogP contribution < -0.4 is 5.43 Å². The highest BCUT2D eigenvalue weighted by Gasteiger charge is 2.54. The van der Waals surface area contributed by atoms with Crippen molar-refractivity contribution in [3.63, 3.8) is 0 Å². The number of hydrogen-bond donors (Lipinski definition) is 2. The van der Waals surface area contributed by atoms with E-state index in [1.807, 2.05) is 6.07 Å². The van der Waals surface area contributed by atoms with Gasteiger partial charge in [0.2, 0.25) is 5.91 Å². The van der Waals surface area contributed by atoms with Crippen LogP contribution in [-0.2, 0) is 4.79 Å². The van der Waals surface area contributed by atoms with Gasteiger partial charge in [0.1, 0.15) is 5.75 Å². The van der Waals surface area contributed by atoms with Gasteiger partial charge in [-0.1, -0.05) is 25.0 Å². The topological polar surface area (TPSA) is 61.7 Å². The standard InChI is InChI=1S/C15H18N2O2/c18-13-8-4-1-5-10(13)9-16-17-15(19)14-11-6-2-3-7-12(11)14/h1,4-5,8-9,11-12,14,18H,2-3,6-7H2,(H,17,19)/b16-9-/t11-,12-/m1/s1. The van der Waals surface area contributed by atoms with Gasteiger partial charge in [-0.2, -0.15) is 5.10 Å². The van der Waals surface area contributed by atoms with Crippen LogP contribution in [0.15, 0.2) is 29.4 Å². The van der Waals surface area contributed by atoms with Crippen molar-refractivity contribution in [3.05, 3.63) is 29.8 Å². The summed E-state index contributed by atoms with van der Waals surface area (Å²) in [6, 6.07) is 6.92. The summed E-state index contributed by atoms with van der Waals surface area (Å²) in [5.41, 5.74) is 3.20. The molecule has 0 radical (unpaired) electrons. The summed E-state index contributed by atoms with van der Waals surface area (Å²) in [4.78, 5) is 12.0. The number of aromatic hydroxyl groups is 1. The van der Waals surface area contributed by atoms with E-state index in [9.17, 15) is 9.90 Å². The van der Waals surface area contributed by atoms with Crippen molar-refractivity contribution in [1.29, 1.82) is 0 Å². The zero-order valence-corrected chi connectivity index (χ0v) is 10.7. The molecule has 0 spiro atoms. The summed E-state index contributed by atoms with van der Waals surface area (Å²) in [6.07, 6.45) is 6.37. The first-order chi connectivity index (χ1) is 9.27. The van der Waals surface area contributed by atoms with Gasteiger partial charge in [-0.25, -0.2) is 5.43 Å². The molecule has 1 aromatic carbocycles. The third-order valence-corrected chi connectivity index (χ3v) is 4.27. The van der Waals surface area contributed by atoms with Gasteiger partial charge in [0.05, 0.1) is 6.21 Å². The Morgan fingerprint density at radius 3 is 2.63 bits per heavy atom. The Kier molecular flexibility index (Phi) is 3.23. The van der Waals surface area contributed by atoms with Crippen LogP contribution in [-0.4, -0.2) is 17.2 Å². The minimum Gasteiger partial charge on any atom is -0.507 e. The number of hydrogen-bond acceptors (Lipinski definition) is 3. The molecule has 2 N–H and O–H groups in total. The van der Waals surface area contributed by atoms with Crippen LogP contribution in [0.5, 0.6) is 5.75 Å². The van der Waals surface area contributed by atoms with Gasteiger partial charge in [-0.05, 0) is 36.8 Å². The van der Waals surface area contributed by atoms with E-state index in [0.29, 0.717) is 17.4 Å². The van der Waals surface area contributed by atoms with Crippen molar-refractivity contribution in [2.24, 2.45) is 22.9 Å². The number of benzene rings is 1. The minimum absolute atomic E-state index is 0.0311. The van der Waals surface area contributed by atoms with Crippen molar-refractivity contribution in [1.82, 2.24) is 5.43 Å². The molecule has 2 atom stereocenters. The van der Waals surface area contributed by atoms with Crippen LogP contribution in [0.2, 0.25) is 0 Å². The summed E-state index contributed by atoms with van der Waals surface area (Å²) < 4.78 is 0. The summed E-state index contributed by atoms with van der Waals surface area (Å²) in [5.74, 6) is 1.55. The number of nitrogens with one attached hydrogen (secondary N) is 1. The predicted octanol–water partition coefficient (Wildman–Crippen LogP) is 2.28. The van der Waals surface area contributed by atoms with Crippen LogP contribution in [0.3, 0.4) is 0 Å². The fourth-order valence-corrected chi connectivity index (χ4v) is 3.22. The maximum atomic E-state index is 12.0. The van der Waals surface area contributed by atoms with Gasteiger partial charge in [0.25, 0.3) is 0 Å². The van der Waals surface area contributed by atoms with Gasteiger partial charge in [0, 0.05) is 11.5 Å². The number of para-hydroxylation sites is 1. The Balaban J connectivity index is 1.55. The van der Waals surface area contributed by atoms with Crippen molar-refractivity contribution in [3.8, 4) is 5.75 Å². The first kappa shape index (κ1) is 12.2. The highest BCUT2D eigenvalue weighted by atomic mass is 16.3. The number of carbonyl (C=O) groups excluding carboxylic acids is 1. The normalized spacial score (nSPS) is 28.9. The molecule has 0 bridgehead atoms.